The number of para-hydroxylation sites is 1. The van der Waals surface area contributed by atoms with Crippen molar-refractivity contribution in [1.82, 2.24) is 14.8 Å². The highest BCUT2D eigenvalue weighted by molar-refractivity contribution is 5.91. The predicted molar refractivity (Wildman–Crippen MR) is 113 cm³/mol. The Morgan fingerprint density at radius 1 is 1.03 bits per heavy atom. The van der Waals surface area contributed by atoms with Gasteiger partial charge in [-0.2, -0.15) is 5.10 Å². The monoisotopic (exact) mass is 383 g/mol. The smallest absolute Gasteiger partial charge is 0.334 e. The summed E-state index contributed by atoms with van der Waals surface area (Å²) in [6.45, 7) is 6.05. The molecule has 0 aliphatic heterocycles. The second-order valence-corrected chi connectivity index (χ2v) is 6.83. The maximum absolute atomic E-state index is 12.3. The number of esters is 1. The third-order valence-corrected chi connectivity index (χ3v) is 5.15. The fourth-order valence-electron chi connectivity index (χ4n) is 3.63. The van der Waals surface area contributed by atoms with Crippen molar-refractivity contribution in [2.45, 2.75) is 12.8 Å². The van der Waals surface area contributed by atoms with Crippen LogP contribution in [-0.4, -0.2) is 27.8 Å². The average molecular weight is 383 g/mol. The lowest BCUT2D eigenvalue weighted by atomic mass is 9.84. The van der Waals surface area contributed by atoms with E-state index in [9.17, 15) is 4.79 Å². The molecule has 1 unspecified atom stereocenters. The highest BCUT2D eigenvalue weighted by Crippen LogP contribution is 2.35. The van der Waals surface area contributed by atoms with Crippen molar-refractivity contribution < 1.29 is 9.53 Å². The number of aryl methyl sites for hydroxylation is 1. The Morgan fingerprint density at radius 3 is 2.34 bits per heavy atom. The van der Waals surface area contributed by atoms with E-state index in [1.165, 1.54) is 7.11 Å². The van der Waals surface area contributed by atoms with Gasteiger partial charge in [0.05, 0.1) is 19.0 Å². The number of pyridine rings is 1. The average Bonchev–Trinajstić information content (AvgIpc) is 3.21. The number of hydrogen-bond donors (Lipinski definition) is 0. The molecule has 144 valence electrons. The number of carbonyl (C=O) groups excluding carboxylic acids is 1. The maximum Gasteiger partial charge on any atom is 0.334 e. The van der Waals surface area contributed by atoms with Gasteiger partial charge in [-0.05, 0) is 35.7 Å². The van der Waals surface area contributed by atoms with Crippen LogP contribution in [0.1, 0.15) is 22.6 Å². The molecule has 0 saturated carbocycles. The van der Waals surface area contributed by atoms with Crippen molar-refractivity contribution in [3.8, 4) is 5.69 Å². The summed E-state index contributed by atoms with van der Waals surface area (Å²) in [6.07, 6.45) is 3.63. The number of nitrogens with zero attached hydrogens (tertiary/aromatic N) is 3. The van der Waals surface area contributed by atoms with E-state index in [0.717, 1.165) is 33.4 Å². The number of rotatable bonds is 5. The largest absolute Gasteiger partial charge is 0.466 e. The summed E-state index contributed by atoms with van der Waals surface area (Å²) in [5, 5.41) is 5.47. The van der Waals surface area contributed by atoms with Crippen LogP contribution in [0.4, 0.5) is 0 Å². The van der Waals surface area contributed by atoms with Gasteiger partial charge in [-0.3, -0.25) is 0 Å². The summed E-state index contributed by atoms with van der Waals surface area (Å²) in [5.74, 6) is -0.779. The summed E-state index contributed by atoms with van der Waals surface area (Å²) in [7, 11) is 1.37. The molecule has 0 spiro atoms. The first-order valence-corrected chi connectivity index (χ1v) is 9.32. The minimum atomic E-state index is -0.432. The first-order chi connectivity index (χ1) is 14.1. The molecule has 29 heavy (non-hydrogen) atoms. The van der Waals surface area contributed by atoms with Crippen LogP contribution in [0, 0.1) is 6.92 Å². The summed E-state index contributed by atoms with van der Waals surface area (Å²) in [6, 6.07) is 19.7. The quantitative estimate of drug-likeness (QED) is 0.374. The van der Waals surface area contributed by atoms with Gasteiger partial charge in [-0.1, -0.05) is 55.1 Å². The molecule has 0 aliphatic rings. The Balaban J connectivity index is 1.88. The third kappa shape index (κ3) is 3.31. The summed E-state index contributed by atoms with van der Waals surface area (Å²) in [5.41, 5.74) is 4.97. The number of benzene rings is 2. The van der Waals surface area contributed by atoms with Crippen LogP contribution in [0.2, 0.25) is 0 Å². The fraction of sp³-hybridized carbons (Fsp3) is 0.125. The van der Waals surface area contributed by atoms with E-state index in [4.69, 9.17) is 9.72 Å². The Morgan fingerprint density at radius 2 is 1.69 bits per heavy atom. The van der Waals surface area contributed by atoms with Gasteiger partial charge in [0.25, 0.3) is 0 Å². The van der Waals surface area contributed by atoms with Gasteiger partial charge < -0.3 is 4.74 Å². The molecule has 2 aromatic carbocycles. The molecule has 5 nitrogen and oxygen atoms in total. The molecule has 0 aliphatic carbocycles. The van der Waals surface area contributed by atoms with Gasteiger partial charge in [0.1, 0.15) is 0 Å². The van der Waals surface area contributed by atoms with E-state index >= 15 is 0 Å². The maximum atomic E-state index is 12.3. The lowest BCUT2D eigenvalue weighted by Crippen LogP contribution is -2.15. The first-order valence-electron chi connectivity index (χ1n) is 9.32. The zero-order chi connectivity index (χ0) is 20.4. The topological polar surface area (TPSA) is 57.0 Å². The molecule has 4 rings (SSSR count). The zero-order valence-electron chi connectivity index (χ0n) is 16.4. The number of methoxy groups -OCH3 is 1. The zero-order valence-corrected chi connectivity index (χ0v) is 16.4. The molecular weight excluding hydrogens is 362 g/mol. The third-order valence-electron chi connectivity index (χ3n) is 5.15. The highest BCUT2D eigenvalue weighted by Gasteiger charge is 2.26. The molecular formula is C24H21N3O2. The Kier molecular flexibility index (Phi) is 4.96. The van der Waals surface area contributed by atoms with E-state index in [-0.39, 0.29) is 5.92 Å². The standard InChI is InChI=1S/C24H21N3O2/c1-16-20(22(17(2)24(28)29-3)18-10-6-4-7-11-18)14-25-23-21(16)15-26-27(23)19-12-8-5-9-13-19/h4-15,22H,2H2,1,3H3. The minimum Gasteiger partial charge on any atom is -0.466 e. The normalized spacial score (nSPS) is 11.9. The number of ether oxygens (including phenoxy) is 1. The van der Waals surface area contributed by atoms with Crippen molar-refractivity contribution in [2.24, 2.45) is 0 Å². The molecule has 0 fully saturated rings. The van der Waals surface area contributed by atoms with E-state index in [1.807, 2.05) is 84.7 Å². The minimum absolute atomic E-state index is 0.347. The van der Waals surface area contributed by atoms with Crippen molar-refractivity contribution in [1.29, 1.82) is 0 Å². The SMILES string of the molecule is C=C(C(=O)OC)C(c1ccccc1)c1cnc2c(cnn2-c2ccccc2)c1C. The molecule has 0 radical (unpaired) electrons. The number of aromatic nitrogens is 3. The fourth-order valence-corrected chi connectivity index (χ4v) is 3.63. The van der Waals surface area contributed by atoms with Crippen LogP contribution in [0.5, 0.6) is 0 Å². The molecule has 0 amide bonds. The van der Waals surface area contributed by atoms with Crippen molar-refractivity contribution in [3.05, 3.63) is 102 Å². The Labute approximate surface area is 169 Å². The highest BCUT2D eigenvalue weighted by atomic mass is 16.5. The molecule has 2 aromatic heterocycles. The van der Waals surface area contributed by atoms with Crippen molar-refractivity contribution in [2.75, 3.05) is 7.11 Å². The van der Waals surface area contributed by atoms with Crippen LogP contribution in [0.25, 0.3) is 16.7 Å². The first kappa shape index (κ1) is 18.6. The van der Waals surface area contributed by atoms with Crippen LogP contribution >= 0.6 is 0 Å². The van der Waals surface area contributed by atoms with Gasteiger partial charge in [0, 0.05) is 23.1 Å². The van der Waals surface area contributed by atoms with Crippen molar-refractivity contribution in [3.63, 3.8) is 0 Å². The molecule has 2 heterocycles. The van der Waals surface area contributed by atoms with E-state index < -0.39 is 5.97 Å². The molecule has 1 atom stereocenters. The van der Waals surface area contributed by atoms with Gasteiger partial charge in [-0.15, -0.1) is 0 Å². The van der Waals surface area contributed by atoms with Gasteiger partial charge >= 0.3 is 5.97 Å². The lowest BCUT2D eigenvalue weighted by molar-refractivity contribution is -0.136. The molecule has 0 saturated heterocycles. The van der Waals surface area contributed by atoms with E-state index in [0.29, 0.717) is 5.57 Å². The molecule has 4 aromatic rings. The van der Waals surface area contributed by atoms with E-state index in [2.05, 4.69) is 11.7 Å². The van der Waals surface area contributed by atoms with Gasteiger partial charge in [0.2, 0.25) is 0 Å². The van der Waals surface area contributed by atoms with Crippen LogP contribution in [0.15, 0.2) is 85.2 Å². The lowest BCUT2D eigenvalue weighted by Gasteiger charge is -2.21. The van der Waals surface area contributed by atoms with Crippen LogP contribution in [0.3, 0.4) is 0 Å². The molecule has 0 N–H and O–H groups in total. The number of fused-ring (bicyclic) bond motifs is 1. The van der Waals surface area contributed by atoms with Crippen LogP contribution in [-0.2, 0) is 9.53 Å². The predicted octanol–water partition coefficient (Wildman–Crippen LogP) is 4.59. The summed E-state index contributed by atoms with van der Waals surface area (Å²) >= 11 is 0. The second-order valence-electron chi connectivity index (χ2n) is 6.83. The number of carbonyl (C=O) groups is 1. The summed E-state index contributed by atoms with van der Waals surface area (Å²) in [4.78, 5) is 17.0. The van der Waals surface area contributed by atoms with Gasteiger partial charge in [-0.25, -0.2) is 14.5 Å². The molecule has 5 heteroatoms. The van der Waals surface area contributed by atoms with Crippen LogP contribution < -0.4 is 0 Å². The number of hydrogen-bond acceptors (Lipinski definition) is 4. The van der Waals surface area contributed by atoms with Gasteiger partial charge in [0.15, 0.2) is 5.65 Å². The second kappa shape index (κ2) is 7.72. The Hall–Kier alpha value is -3.73. The molecule has 0 bridgehead atoms. The van der Waals surface area contributed by atoms with Crippen molar-refractivity contribution >= 4 is 17.0 Å². The summed E-state index contributed by atoms with van der Waals surface area (Å²) < 4.78 is 6.77. The Bertz CT molecular complexity index is 1180. The van der Waals surface area contributed by atoms with E-state index in [1.54, 1.807) is 0 Å².